The van der Waals surface area contributed by atoms with E-state index < -0.39 is 0 Å². The van der Waals surface area contributed by atoms with Gasteiger partial charge in [0.05, 0.1) is 11.9 Å². The van der Waals surface area contributed by atoms with E-state index in [2.05, 4.69) is 15.5 Å². The van der Waals surface area contributed by atoms with E-state index >= 15 is 0 Å². The van der Waals surface area contributed by atoms with Crippen molar-refractivity contribution in [3.63, 3.8) is 0 Å². The molecule has 0 unspecified atom stereocenters. The monoisotopic (exact) mass is 359 g/mol. The number of nitrogens with zero attached hydrogens (tertiary/aromatic N) is 4. The van der Waals surface area contributed by atoms with E-state index in [1.807, 2.05) is 19.9 Å². The fourth-order valence-corrected chi connectivity index (χ4v) is 2.84. The topological polar surface area (TPSA) is 81.8 Å². The standard InChI is InChI=1S/C17H18ClN5O2/c1-3-11(4-2)16(24)21-22-10-19-15-14(17(22)25)9-20-23(15)13-7-5-6-12(18)8-13/h5-11H,3-4H2,1-2H3,(H,21,24). The van der Waals surface area contributed by atoms with Crippen molar-refractivity contribution in [1.29, 1.82) is 0 Å². The zero-order valence-electron chi connectivity index (χ0n) is 13.9. The van der Waals surface area contributed by atoms with Crippen LogP contribution in [0.25, 0.3) is 16.7 Å². The molecule has 0 atom stereocenters. The second-order valence-electron chi connectivity index (χ2n) is 5.68. The number of nitrogens with one attached hydrogen (secondary N) is 1. The van der Waals surface area contributed by atoms with Crippen molar-refractivity contribution in [3.05, 3.63) is 52.2 Å². The fourth-order valence-electron chi connectivity index (χ4n) is 2.66. The Kier molecular flexibility index (Phi) is 4.85. The average molecular weight is 360 g/mol. The third kappa shape index (κ3) is 3.28. The number of carbonyl (C=O) groups excluding carboxylic acids is 1. The number of aromatic nitrogens is 4. The minimum atomic E-state index is -0.377. The Bertz CT molecular complexity index is 975. The van der Waals surface area contributed by atoms with Crippen LogP contribution in [0.1, 0.15) is 26.7 Å². The first-order valence-corrected chi connectivity index (χ1v) is 8.45. The van der Waals surface area contributed by atoms with Crippen LogP contribution in [0.5, 0.6) is 0 Å². The van der Waals surface area contributed by atoms with Gasteiger partial charge in [0.2, 0.25) is 5.91 Å². The highest BCUT2D eigenvalue weighted by Gasteiger charge is 2.17. The van der Waals surface area contributed by atoms with Gasteiger partial charge in [-0.1, -0.05) is 31.5 Å². The van der Waals surface area contributed by atoms with Gasteiger partial charge in [0.25, 0.3) is 5.56 Å². The summed E-state index contributed by atoms with van der Waals surface area (Å²) >= 11 is 6.01. The maximum absolute atomic E-state index is 12.6. The first-order valence-electron chi connectivity index (χ1n) is 8.07. The summed E-state index contributed by atoms with van der Waals surface area (Å²) in [5.41, 5.74) is 3.33. The molecule has 0 saturated heterocycles. The number of carbonyl (C=O) groups is 1. The van der Waals surface area contributed by atoms with E-state index in [0.29, 0.717) is 34.6 Å². The van der Waals surface area contributed by atoms with Gasteiger partial charge in [0, 0.05) is 10.9 Å². The number of benzene rings is 1. The summed E-state index contributed by atoms with van der Waals surface area (Å²) in [5.74, 6) is -0.340. The first-order chi connectivity index (χ1) is 12.0. The molecule has 3 rings (SSSR count). The molecule has 130 valence electrons. The summed E-state index contributed by atoms with van der Waals surface area (Å²) in [6.45, 7) is 3.87. The quantitative estimate of drug-likeness (QED) is 0.759. The van der Waals surface area contributed by atoms with Gasteiger partial charge >= 0.3 is 0 Å². The van der Waals surface area contributed by atoms with Gasteiger partial charge < -0.3 is 0 Å². The number of rotatable bonds is 5. The van der Waals surface area contributed by atoms with Crippen LogP contribution in [0, 0.1) is 5.92 Å². The molecule has 3 aromatic rings. The molecule has 8 heteroatoms. The molecule has 0 fully saturated rings. The molecule has 2 aromatic heterocycles. The number of amides is 1. The van der Waals surface area contributed by atoms with Gasteiger partial charge in [0.15, 0.2) is 5.65 Å². The third-order valence-corrected chi connectivity index (χ3v) is 4.36. The van der Waals surface area contributed by atoms with Crippen molar-refractivity contribution < 1.29 is 4.79 Å². The number of fused-ring (bicyclic) bond motifs is 1. The van der Waals surface area contributed by atoms with Crippen molar-refractivity contribution in [2.24, 2.45) is 5.92 Å². The van der Waals surface area contributed by atoms with E-state index in [1.54, 1.807) is 18.2 Å². The lowest BCUT2D eigenvalue weighted by Crippen LogP contribution is -2.36. The van der Waals surface area contributed by atoms with Crippen molar-refractivity contribution >= 4 is 28.5 Å². The van der Waals surface area contributed by atoms with Crippen LogP contribution in [-0.4, -0.2) is 25.3 Å². The summed E-state index contributed by atoms with van der Waals surface area (Å²) in [7, 11) is 0. The van der Waals surface area contributed by atoms with Crippen molar-refractivity contribution in [3.8, 4) is 5.69 Å². The molecule has 1 N–H and O–H groups in total. The van der Waals surface area contributed by atoms with Crippen LogP contribution in [-0.2, 0) is 4.79 Å². The Hall–Kier alpha value is -2.67. The highest BCUT2D eigenvalue weighted by atomic mass is 35.5. The van der Waals surface area contributed by atoms with Crippen LogP contribution >= 0.6 is 11.6 Å². The van der Waals surface area contributed by atoms with Crippen molar-refractivity contribution in [1.82, 2.24) is 19.4 Å². The van der Waals surface area contributed by atoms with Crippen molar-refractivity contribution in [2.75, 3.05) is 5.43 Å². The summed E-state index contributed by atoms with van der Waals surface area (Å²) in [6, 6.07) is 7.10. The first kappa shape index (κ1) is 17.2. The van der Waals surface area contributed by atoms with Gasteiger partial charge in [-0.05, 0) is 31.0 Å². The summed E-state index contributed by atoms with van der Waals surface area (Å²) in [5, 5.41) is 5.10. The Morgan fingerprint density at radius 3 is 2.76 bits per heavy atom. The summed E-state index contributed by atoms with van der Waals surface area (Å²) in [6.07, 6.45) is 4.15. The van der Waals surface area contributed by atoms with E-state index in [0.717, 1.165) is 4.68 Å². The van der Waals surface area contributed by atoms with Crippen molar-refractivity contribution in [2.45, 2.75) is 26.7 Å². The van der Waals surface area contributed by atoms with E-state index in [4.69, 9.17) is 11.6 Å². The number of halogens is 1. The van der Waals surface area contributed by atoms with Gasteiger partial charge in [-0.25, -0.2) is 14.3 Å². The Morgan fingerprint density at radius 1 is 1.32 bits per heavy atom. The molecule has 0 aliphatic rings. The molecular formula is C17H18ClN5O2. The largest absolute Gasteiger partial charge is 0.283 e. The van der Waals surface area contributed by atoms with Crippen LogP contribution in [0.3, 0.4) is 0 Å². The molecule has 0 radical (unpaired) electrons. The molecule has 1 amide bonds. The second-order valence-corrected chi connectivity index (χ2v) is 6.12. The lowest BCUT2D eigenvalue weighted by Gasteiger charge is -2.13. The molecule has 0 spiro atoms. The molecule has 0 aliphatic heterocycles. The smallest absolute Gasteiger partial charge is 0.273 e. The highest BCUT2D eigenvalue weighted by molar-refractivity contribution is 6.30. The zero-order valence-corrected chi connectivity index (χ0v) is 14.7. The average Bonchev–Trinajstić information content (AvgIpc) is 3.03. The van der Waals surface area contributed by atoms with E-state index in [9.17, 15) is 9.59 Å². The number of hydrogen-bond acceptors (Lipinski definition) is 4. The molecule has 0 saturated carbocycles. The van der Waals surface area contributed by atoms with E-state index in [-0.39, 0.29) is 17.4 Å². The third-order valence-electron chi connectivity index (χ3n) is 4.13. The molecule has 7 nitrogen and oxygen atoms in total. The molecule has 25 heavy (non-hydrogen) atoms. The van der Waals surface area contributed by atoms with E-state index in [1.165, 1.54) is 17.2 Å². The van der Waals surface area contributed by atoms with Gasteiger partial charge in [-0.3, -0.25) is 15.0 Å². The van der Waals surface area contributed by atoms with Gasteiger partial charge in [-0.15, -0.1) is 0 Å². The minimum Gasteiger partial charge on any atom is -0.273 e. The van der Waals surface area contributed by atoms with Crippen LogP contribution < -0.4 is 11.0 Å². The lowest BCUT2D eigenvalue weighted by molar-refractivity contribution is -0.121. The predicted octanol–water partition coefficient (Wildman–Crippen LogP) is 2.74. The SMILES string of the molecule is CCC(CC)C(=O)Nn1cnc2c(cnn2-c2cccc(Cl)c2)c1=O. The molecule has 0 aliphatic carbocycles. The Labute approximate surface area is 149 Å². The Morgan fingerprint density at radius 2 is 2.08 bits per heavy atom. The lowest BCUT2D eigenvalue weighted by atomic mass is 10.0. The van der Waals surface area contributed by atoms with Crippen LogP contribution in [0.15, 0.2) is 41.6 Å². The minimum absolute atomic E-state index is 0.142. The van der Waals surface area contributed by atoms with Crippen LogP contribution in [0.2, 0.25) is 5.02 Å². The highest BCUT2D eigenvalue weighted by Crippen LogP contribution is 2.17. The maximum atomic E-state index is 12.6. The normalized spacial score (nSPS) is 11.2. The molecular weight excluding hydrogens is 342 g/mol. The zero-order chi connectivity index (χ0) is 18.0. The predicted molar refractivity (Wildman–Crippen MR) is 96.6 cm³/mol. The molecule has 0 bridgehead atoms. The molecule has 1 aromatic carbocycles. The second kappa shape index (κ2) is 7.06. The Balaban J connectivity index is 2.00. The summed E-state index contributed by atoms with van der Waals surface area (Å²) in [4.78, 5) is 29.1. The summed E-state index contributed by atoms with van der Waals surface area (Å²) < 4.78 is 2.64. The maximum Gasteiger partial charge on any atom is 0.283 e. The van der Waals surface area contributed by atoms with Crippen LogP contribution in [0.4, 0.5) is 0 Å². The number of hydrogen-bond donors (Lipinski definition) is 1. The van der Waals surface area contributed by atoms with Gasteiger partial charge in [0.1, 0.15) is 11.7 Å². The van der Waals surface area contributed by atoms with Gasteiger partial charge in [-0.2, -0.15) is 5.10 Å². The fraction of sp³-hybridized carbons (Fsp3) is 0.294. The molecule has 2 heterocycles.